The first-order valence-corrected chi connectivity index (χ1v) is 7.28. The topological polar surface area (TPSA) is 89.3 Å². The monoisotopic (exact) mass is 312 g/mol. The molecule has 0 bridgehead atoms. The number of nitrogens with zero attached hydrogens (tertiary/aromatic N) is 1. The van der Waals surface area contributed by atoms with Gasteiger partial charge in [0.1, 0.15) is 0 Å². The van der Waals surface area contributed by atoms with Gasteiger partial charge in [-0.05, 0) is 18.2 Å². The van der Waals surface area contributed by atoms with Gasteiger partial charge in [-0.2, -0.15) is 0 Å². The van der Waals surface area contributed by atoms with Crippen LogP contribution in [-0.2, 0) is 10.0 Å². The van der Waals surface area contributed by atoms with Crippen molar-refractivity contribution in [2.45, 2.75) is 4.90 Å². The van der Waals surface area contributed by atoms with Gasteiger partial charge in [-0.1, -0.05) is 29.8 Å². The Labute approximate surface area is 120 Å². The first kappa shape index (κ1) is 14.3. The van der Waals surface area contributed by atoms with Gasteiger partial charge in [-0.15, -0.1) is 0 Å². The molecule has 20 heavy (non-hydrogen) atoms. The normalized spacial score (nSPS) is 11.1. The molecule has 8 heteroatoms. The highest BCUT2D eigenvalue weighted by molar-refractivity contribution is 7.92. The zero-order chi connectivity index (χ0) is 14.8. The van der Waals surface area contributed by atoms with E-state index in [1.54, 1.807) is 12.1 Å². The van der Waals surface area contributed by atoms with E-state index in [2.05, 4.69) is 4.72 Å². The Bertz CT molecular complexity index is 762. The van der Waals surface area contributed by atoms with Crippen molar-refractivity contribution in [2.75, 3.05) is 4.72 Å². The van der Waals surface area contributed by atoms with E-state index in [0.29, 0.717) is 0 Å². The van der Waals surface area contributed by atoms with Crippen molar-refractivity contribution < 1.29 is 13.3 Å². The third-order valence-corrected chi connectivity index (χ3v) is 4.15. The molecule has 0 aromatic heterocycles. The minimum atomic E-state index is -3.93. The van der Waals surface area contributed by atoms with E-state index >= 15 is 0 Å². The van der Waals surface area contributed by atoms with Crippen molar-refractivity contribution in [1.82, 2.24) is 0 Å². The van der Waals surface area contributed by atoms with Crippen LogP contribution in [0, 0.1) is 10.1 Å². The molecule has 0 unspecified atom stereocenters. The third kappa shape index (κ3) is 3.06. The van der Waals surface area contributed by atoms with Crippen LogP contribution in [0.2, 0.25) is 5.02 Å². The Morgan fingerprint density at radius 2 is 1.80 bits per heavy atom. The second kappa shape index (κ2) is 5.48. The van der Waals surface area contributed by atoms with Gasteiger partial charge >= 0.3 is 0 Å². The van der Waals surface area contributed by atoms with Crippen molar-refractivity contribution in [3.05, 3.63) is 63.7 Å². The summed E-state index contributed by atoms with van der Waals surface area (Å²) in [4.78, 5) is 9.80. The molecule has 0 radical (unpaired) electrons. The summed E-state index contributed by atoms with van der Waals surface area (Å²) in [6, 6.07) is 11.1. The number of anilines is 1. The lowest BCUT2D eigenvalue weighted by Gasteiger charge is -2.09. The zero-order valence-electron chi connectivity index (χ0n) is 9.99. The Morgan fingerprint density at radius 1 is 1.10 bits per heavy atom. The Balaban J connectivity index is 2.38. The highest BCUT2D eigenvalue weighted by atomic mass is 35.5. The third-order valence-electron chi connectivity index (χ3n) is 2.46. The van der Waals surface area contributed by atoms with Gasteiger partial charge in [0.15, 0.2) is 0 Å². The number of benzene rings is 2. The summed E-state index contributed by atoms with van der Waals surface area (Å²) in [6.45, 7) is 0. The number of nitrogens with one attached hydrogen (secondary N) is 1. The van der Waals surface area contributed by atoms with E-state index in [1.165, 1.54) is 30.3 Å². The SMILES string of the molecule is O=[N+]([O-])c1cccc(S(=O)(=O)Nc2ccccc2Cl)c1. The number of hydrogen-bond donors (Lipinski definition) is 1. The van der Waals surface area contributed by atoms with Crippen molar-refractivity contribution in [1.29, 1.82) is 0 Å². The summed E-state index contributed by atoms with van der Waals surface area (Å²) < 4.78 is 26.6. The first-order valence-electron chi connectivity index (χ1n) is 5.42. The van der Waals surface area contributed by atoms with E-state index in [4.69, 9.17) is 11.6 Å². The molecular formula is C12H9ClN2O4S. The molecule has 2 rings (SSSR count). The van der Waals surface area contributed by atoms with Gasteiger partial charge in [0, 0.05) is 12.1 Å². The number of nitro groups is 1. The number of hydrogen-bond acceptors (Lipinski definition) is 4. The first-order chi connectivity index (χ1) is 9.40. The Kier molecular flexibility index (Phi) is 3.91. The molecule has 6 nitrogen and oxygen atoms in total. The number of para-hydroxylation sites is 1. The summed E-state index contributed by atoms with van der Waals surface area (Å²) in [5.74, 6) is 0. The Morgan fingerprint density at radius 3 is 2.45 bits per heavy atom. The lowest BCUT2D eigenvalue weighted by molar-refractivity contribution is -0.385. The molecule has 104 valence electrons. The highest BCUT2D eigenvalue weighted by Gasteiger charge is 2.18. The predicted octanol–water partition coefficient (Wildman–Crippen LogP) is 3.05. The van der Waals surface area contributed by atoms with Crippen LogP contribution in [0.4, 0.5) is 11.4 Å². The minimum absolute atomic E-state index is 0.202. The molecule has 0 amide bonds. The molecule has 0 aliphatic carbocycles. The zero-order valence-corrected chi connectivity index (χ0v) is 11.6. The fourth-order valence-electron chi connectivity index (χ4n) is 1.51. The van der Waals surface area contributed by atoms with Crippen molar-refractivity contribution >= 4 is 33.0 Å². The number of nitro benzene ring substituents is 1. The number of halogens is 1. The lowest BCUT2D eigenvalue weighted by Crippen LogP contribution is -2.13. The number of rotatable bonds is 4. The summed E-state index contributed by atoms with van der Waals surface area (Å²) in [6.07, 6.45) is 0. The van der Waals surface area contributed by atoms with Crippen LogP contribution in [0.25, 0.3) is 0 Å². The standard InChI is InChI=1S/C12H9ClN2O4S/c13-11-6-1-2-7-12(11)14-20(18,19)10-5-3-4-9(8-10)15(16)17/h1-8,14H. The summed E-state index contributed by atoms with van der Waals surface area (Å²) in [7, 11) is -3.93. The second-order valence-corrected chi connectivity index (χ2v) is 5.93. The largest absolute Gasteiger partial charge is 0.278 e. The van der Waals surface area contributed by atoms with Crippen LogP contribution in [0.3, 0.4) is 0 Å². The lowest BCUT2D eigenvalue weighted by atomic mass is 10.3. The number of non-ortho nitro benzene ring substituents is 1. The molecule has 2 aromatic carbocycles. The fourth-order valence-corrected chi connectivity index (χ4v) is 2.87. The molecule has 0 atom stereocenters. The van der Waals surface area contributed by atoms with Gasteiger partial charge in [-0.25, -0.2) is 8.42 Å². The Hall–Kier alpha value is -2.12. The molecule has 0 aliphatic heterocycles. The summed E-state index contributed by atoms with van der Waals surface area (Å²) in [5.41, 5.74) is -0.0901. The van der Waals surface area contributed by atoms with Crippen LogP contribution >= 0.6 is 11.6 Å². The predicted molar refractivity (Wildman–Crippen MR) is 75.4 cm³/mol. The van der Waals surface area contributed by atoms with E-state index in [0.717, 1.165) is 6.07 Å². The summed E-state index contributed by atoms with van der Waals surface area (Å²) in [5, 5.41) is 10.9. The molecule has 0 saturated carbocycles. The average molecular weight is 313 g/mol. The van der Waals surface area contributed by atoms with Crippen LogP contribution in [-0.4, -0.2) is 13.3 Å². The van der Waals surface area contributed by atoms with Crippen LogP contribution < -0.4 is 4.72 Å². The maximum Gasteiger partial charge on any atom is 0.270 e. The van der Waals surface area contributed by atoms with Crippen LogP contribution in [0.1, 0.15) is 0 Å². The van der Waals surface area contributed by atoms with Gasteiger partial charge < -0.3 is 0 Å². The van der Waals surface area contributed by atoms with Crippen molar-refractivity contribution in [3.8, 4) is 0 Å². The molecule has 2 aromatic rings. The maximum absolute atomic E-state index is 12.1. The average Bonchev–Trinajstić information content (AvgIpc) is 2.41. The smallest absolute Gasteiger partial charge is 0.270 e. The highest BCUT2D eigenvalue weighted by Crippen LogP contribution is 2.25. The van der Waals surface area contributed by atoms with Crippen LogP contribution in [0.15, 0.2) is 53.4 Å². The molecule has 1 N–H and O–H groups in total. The molecule has 0 heterocycles. The molecule has 0 saturated heterocycles. The van der Waals surface area contributed by atoms with Gasteiger partial charge in [0.2, 0.25) is 0 Å². The van der Waals surface area contributed by atoms with Crippen molar-refractivity contribution in [2.24, 2.45) is 0 Å². The van der Waals surface area contributed by atoms with Gasteiger partial charge in [0.05, 0.1) is 20.5 Å². The second-order valence-electron chi connectivity index (χ2n) is 3.84. The summed E-state index contributed by atoms with van der Waals surface area (Å²) >= 11 is 5.86. The van der Waals surface area contributed by atoms with E-state index in [9.17, 15) is 18.5 Å². The van der Waals surface area contributed by atoms with Gasteiger partial charge in [-0.3, -0.25) is 14.8 Å². The molecular weight excluding hydrogens is 304 g/mol. The minimum Gasteiger partial charge on any atom is -0.278 e. The quantitative estimate of drug-likeness (QED) is 0.694. The number of sulfonamides is 1. The molecule has 0 fully saturated rings. The maximum atomic E-state index is 12.1. The van der Waals surface area contributed by atoms with E-state index < -0.39 is 14.9 Å². The van der Waals surface area contributed by atoms with Crippen molar-refractivity contribution in [3.63, 3.8) is 0 Å². The molecule has 0 spiro atoms. The van der Waals surface area contributed by atoms with E-state index in [1.807, 2.05) is 0 Å². The molecule has 0 aliphatic rings. The fraction of sp³-hybridized carbons (Fsp3) is 0. The van der Waals surface area contributed by atoms with Crippen LogP contribution in [0.5, 0.6) is 0 Å². The van der Waals surface area contributed by atoms with Gasteiger partial charge in [0.25, 0.3) is 15.7 Å². The van der Waals surface area contributed by atoms with E-state index in [-0.39, 0.29) is 21.3 Å².